The van der Waals surface area contributed by atoms with E-state index < -0.39 is 0 Å². The van der Waals surface area contributed by atoms with Crippen molar-refractivity contribution in [1.29, 1.82) is 0 Å². The quantitative estimate of drug-likeness (QED) is 0.830. The number of piperidine rings is 1. The molecule has 1 aliphatic rings. The summed E-state index contributed by atoms with van der Waals surface area (Å²) in [6, 6.07) is 6.92. The van der Waals surface area contributed by atoms with Crippen LogP contribution in [0.4, 0.5) is 0 Å². The molecule has 2 atom stereocenters. The number of carbonyl (C=O) groups is 2. The predicted molar refractivity (Wildman–Crippen MR) is 80.0 cm³/mol. The number of ether oxygens (including phenoxy) is 1. The summed E-state index contributed by atoms with van der Waals surface area (Å²) in [4.78, 5) is 23.5. The summed E-state index contributed by atoms with van der Waals surface area (Å²) in [6.07, 6.45) is 3.11. The van der Waals surface area contributed by atoms with Gasteiger partial charge in [0.05, 0.1) is 24.8 Å². The normalized spacial score (nSPS) is 19.6. The average molecular weight is 290 g/mol. The zero-order valence-electron chi connectivity index (χ0n) is 12.5. The fourth-order valence-electron chi connectivity index (χ4n) is 2.50. The highest BCUT2D eigenvalue weighted by atomic mass is 16.5. The second kappa shape index (κ2) is 7.22. The van der Waals surface area contributed by atoms with E-state index in [1.807, 2.05) is 19.1 Å². The number of methoxy groups -OCH3 is 1. The standard InChI is InChI=1S/C16H22N2O3/c1-11(18-15(19)14-5-3-4-10-17-14)12-6-8-13(9-7-12)16(20)21-2/h6-9,11,14,17H,3-5,10H2,1-2H3,(H,18,19)/t11-,14?/m0/s1. The lowest BCUT2D eigenvalue weighted by Crippen LogP contribution is -2.47. The molecule has 5 nitrogen and oxygen atoms in total. The number of amides is 1. The van der Waals surface area contributed by atoms with Crippen molar-refractivity contribution in [3.63, 3.8) is 0 Å². The average Bonchev–Trinajstić information content (AvgIpc) is 2.55. The van der Waals surface area contributed by atoms with Crippen LogP contribution >= 0.6 is 0 Å². The van der Waals surface area contributed by atoms with Crippen molar-refractivity contribution in [2.45, 2.75) is 38.3 Å². The van der Waals surface area contributed by atoms with Gasteiger partial charge in [-0.2, -0.15) is 0 Å². The zero-order valence-corrected chi connectivity index (χ0v) is 12.5. The molecule has 114 valence electrons. The van der Waals surface area contributed by atoms with Gasteiger partial charge in [0.25, 0.3) is 0 Å². The van der Waals surface area contributed by atoms with Crippen molar-refractivity contribution in [3.05, 3.63) is 35.4 Å². The first-order valence-electron chi connectivity index (χ1n) is 7.34. The van der Waals surface area contributed by atoms with E-state index in [-0.39, 0.29) is 24.0 Å². The number of hydrogen-bond acceptors (Lipinski definition) is 4. The van der Waals surface area contributed by atoms with Crippen molar-refractivity contribution in [2.75, 3.05) is 13.7 Å². The second-order valence-electron chi connectivity index (χ2n) is 5.35. The molecule has 0 saturated carbocycles. The summed E-state index contributed by atoms with van der Waals surface area (Å²) in [5.74, 6) is -0.316. The number of nitrogens with one attached hydrogen (secondary N) is 2. The van der Waals surface area contributed by atoms with Gasteiger partial charge in [0.15, 0.2) is 0 Å². The predicted octanol–water partition coefficient (Wildman–Crippen LogP) is 1.79. The van der Waals surface area contributed by atoms with Gasteiger partial charge in [-0.15, -0.1) is 0 Å². The number of esters is 1. The van der Waals surface area contributed by atoms with Gasteiger partial charge in [-0.05, 0) is 44.0 Å². The molecule has 0 spiro atoms. The van der Waals surface area contributed by atoms with Crippen molar-refractivity contribution in [3.8, 4) is 0 Å². The van der Waals surface area contributed by atoms with Crippen molar-refractivity contribution < 1.29 is 14.3 Å². The first-order chi connectivity index (χ1) is 10.1. The van der Waals surface area contributed by atoms with Crippen LogP contribution in [-0.2, 0) is 9.53 Å². The number of hydrogen-bond donors (Lipinski definition) is 2. The fourth-order valence-corrected chi connectivity index (χ4v) is 2.50. The van der Waals surface area contributed by atoms with Crippen molar-refractivity contribution in [1.82, 2.24) is 10.6 Å². The highest BCUT2D eigenvalue weighted by molar-refractivity contribution is 5.89. The Morgan fingerprint density at radius 1 is 1.29 bits per heavy atom. The Labute approximate surface area is 125 Å². The Morgan fingerprint density at radius 3 is 2.57 bits per heavy atom. The minimum Gasteiger partial charge on any atom is -0.465 e. The lowest BCUT2D eigenvalue weighted by molar-refractivity contribution is -0.124. The summed E-state index contributed by atoms with van der Waals surface area (Å²) in [7, 11) is 1.36. The first-order valence-corrected chi connectivity index (χ1v) is 7.34. The van der Waals surface area contributed by atoms with Gasteiger partial charge in [-0.25, -0.2) is 4.79 Å². The summed E-state index contributed by atoms with van der Waals surface area (Å²) in [5.41, 5.74) is 1.47. The van der Waals surface area contributed by atoms with E-state index >= 15 is 0 Å². The molecule has 0 radical (unpaired) electrons. The van der Waals surface area contributed by atoms with Gasteiger partial charge < -0.3 is 15.4 Å². The van der Waals surface area contributed by atoms with Gasteiger partial charge in [0, 0.05) is 0 Å². The van der Waals surface area contributed by atoms with Crippen LogP contribution in [-0.4, -0.2) is 31.6 Å². The van der Waals surface area contributed by atoms with Crippen LogP contribution in [0, 0.1) is 0 Å². The van der Waals surface area contributed by atoms with E-state index in [0.29, 0.717) is 5.56 Å². The maximum Gasteiger partial charge on any atom is 0.337 e. The topological polar surface area (TPSA) is 67.4 Å². The number of carbonyl (C=O) groups excluding carboxylic acids is 2. The minimum atomic E-state index is -0.357. The fraction of sp³-hybridized carbons (Fsp3) is 0.500. The third kappa shape index (κ3) is 4.04. The molecule has 2 rings (SSSR count). The molecule has 1 saturated heterocycles. The molecule has 21 heavy (non-hydrogen) atoms. The van der Waals surface area contributed by atoms with Gasteiger partial charge in [-0.3, -0.25) is 4.79 Å². The van der Waals surface area contributed by atoms with Crippen LogP contribution in [0.15, 0.2) is 24.3 Å². The molecule has 0 aromatic heterocycles. The third-order valence-corrected chi connectivity index (χ3v) is 3.82. The van der Waals surface area contributed by atoms with Crippen LogP contribution in [0.25, 0.3) is 0 Å². The Kier molecular flexibility index (Phi) is 5.33. The Bertz CT molecular complexity index is 493. The van der Waals surface area contributed by atoms with Crippen LogP contribution in [0.3, 0.4) is 0 Å². The largest absolute Gasteiger partial charge is 0.465 e. The first kappa shape index (κ1) is 15.5. The van der Waals surface area contributed by atoms with Crippen LogP contribution in [0.1, 0.15) is 48.1 Å². The summed E-state index contributed by atoms with van der Waals surface area (Å²) < 4.78 is 4.66. The molecule has 1 aliphatic heterocycles. The van der Waals surface area contributed by atoms with Crippen LogP contribution < -0.4 is 10.6 Å². The molecule has 1 unspecified atom stereocenters. The molecular weight excluding hydrogens is 268 g/mol. The molecule has 0 aliphatic carbocycles. The molecule has 1 fully saturated rings. The maximum absolute atomic E-state index is 12.2. The zero-order chi connectivity index (χ0) is 15.2. The Hall–Kier alpha value is -1.88. The Morgan fingerprint density at radius 2 is 2.00 bits per heavy atom. The molecule has 5 heteroatoms. The molecule has 0 bridgehead atoms. The molecule has 1 heterocycles. The van der Waals surface area contributed by atoms with E-state index in [2.05, 4.69) is 15.4 Å². The van der Waals surface area contributed by atoms with E-state index in [0.717, 1.165) is 31.4 Å². The number of benzene rings is 1. The van der Waals surface area contributed by atoms with Crippen molar-refractivity contribution >= 4 is 11.9 Å². The van der Waals surface area contributed by atoms with Crippen molar-refractivity contribution in [2.24, 2.45) is 0 Å². The van der Waals surface area contributed by atoms with Gasteiger partial charge >= 0.3 is 5.97 Å². The highest BCUT2D eigenvalue weighted by Crippen LogP contribution is 2.15. The summed E-state index contributed by atoms with van der Waals surface area (Å²) in [5, 5.41) is 6.25. The van der Waals surface area contributed by atoms with E-state index in [9.17, 15) is 9.59 Å². The van der Waals surface area contributed by atoms with Gasteiger partial charge in [0.1, 0.15) is 0 Å². The smallest absolute Gasteiger partial charge is 0.337 e. The van der Waals surface area contributed by atoms with E-state index in [1.54, 1.807) is 12.1 Å². The van der Waals surface area contributed by atoms with Gasteiger partial charge in [0.2, 0.25) is 5.91 Å². The maximum atomic E-state index is 12.2. The number of rotatable bonds is 4. The monoisotopic (exact) mass is 290 g/mol. The lowest BCUT2D eigenvalue weighted by Gasteiger charge is -2.24. The van der Waals surface area contributed by atoms with Crippen LogP contribution in [0.2, 0.25) is 0 Å². The molecular formula is C16H22N2O3. The lowest BCUT2D eigenvalue weighted by atomic mass is 10.0. The van der Waals surface area contributed by atoms with E-state index in [1.165, 1.54) is 7.11 Å². The highest BCUT2D eigenvalue weighted by Gasteiger charge is 2.22. The summed E-state index contributed by atoms with van der Waals surface area (Å²) >= 11 is 0. The SMILES string of the molecule is COC(=O)c1ccc([C@H](C)NC(=O)C2CCCCN2)cc1. The van der Waals surface area contributed by atoms with Crippen LogP contribution in [0.5, 0.6) is 0 Å². The molecule has 1 aromatic rings. The molecule has 1 amide bonds. The van der Waals surface area contributed by atoms with Gasteiger partial charge in [-0.1, -0.05) is 18.6 Å². The second-order valence-corrected chi connectivity index (χ2v) is 5.35. The Balaban J connectivity index is 1.94. The molecule has 1 aromatic carbocycles. The third-order valence-electron chi connectivity index (χ3n) is 3.82. The minimum absolute atomic E-state index is 0.0410. The summed E-state index contributed by atoms with van der Waals surface area (Å²) in [6.45, 7) is 2.84. The van der Waals surface area contributed by atoms with E-state index in [4.69, 9.17) is 0 Å². The molecule has 2 N–H and O–H groups in total.